The molecule has 2 saturated heterocycles. The van der Waals surface area contributed by atoms with E-state index in [9.17, 15) is 0 Å². The first kappa shape index (κ1) is 17.5. The van der Waals surface area contributed by atoms with Gasteiger partial charge in [0.25, 0.3) is 0 Å². The molecule has 2 fully saturated rings. The minimum Gasteiger partial charge on any atom is -0.478 e. The lowest BCUT2D eigenvalue weighted by molar-refractivity contribution is 0.232. The van der Waals surface area contributed by atoms with Crippen molar-refractivity contribution in [2.45, 2.75) is 32.6 Å². The summed E-state index contributed by atoms with van der Waals surface area (Å²) >= 11 is 0. The molecule has 1 unspecified atom stereocenters. The predicted molar refractivity (Wildman–Crippen MR) is 98.9 cm³/mol. The van der Waals surface area contributed by atoms with Gasteiger partial charge in [0.1, 0.15) is 5.82 Å². The molecule has 5 heteroatoms. The number of hydrogen-bond acceptors (Lipinski definition) is 5. The molecule has 0 radical (unpaired) electrons. The van der Waals surface area contributed by atoms with Crippen LogP contribution in [0.15, 0.2) is 18.2 Å². The molecule has 0 bridgehead atoms. The molecule has 0 saturated carbocycles. The first-order chi connectivity index (χ1) is 11.8. The van der Waals surface area contributed by atoms with Crippen LogP contribution in [0, 0.1) is 5.92 Å². The molecule has 3 rings (SSSR count). The van der Waals surface area contributed by atoms with Crippen LogP contribution in [0.25, 0.3) is 0 Å². The molecule has 0 amide bonds. The second-order valence-corrected chi connectivity index (χ2v) is 6.93. The van der Waals surface area contributed by atoms with Crippen molar-refractivity contribution < 1.29 is 4.74 Å². The van der Waals surface area contributed by atoms with Crippen molar-refractivity contribution in [2.75, 3.05) is 57.3 Å². The maximum absolute atomic E-state index is 5.52. The summed E-state index contributed by atoms with van der Waals surface area (Å²) in [6, 6.07) is 6.07. The first-order valence-corrected chi connectivity index (χ1v) is 9.63. The molecule has 3 heterocycles. The van der Waals surface area contributed by atoms with Gasteiger partial charge < -0.3 is 15.0 Å². The predicted octanol–water partition coefficient (Wildman–Crippen LogP) is 2.38. The van der Waals surface area contributed by atoms with Gasteiger partial charge in [-0.1, -0.05) is 6.07 Å². The van der Waals surface area contributed by atoms with Gasteiger partial charge in [-0.3, -0.25) is 4.90 Å². The number of anilines is 1. The maximum atomic E-state index is 5.52. The van der Waals surface area contributed by atoms with E-state index in [1.165, 1.54) is 45.3 Å². The first-order valence-electron chi connectivity index (χ1n) is 9.63. The Labute approximate surface area is 146 Å². The number of aromatic nitrogens is 1. The molecule has 1 aromatic heterocycles. The molecule has 1 N–H and O–H groups in total. The van der Waals surface area contributed by atoms with Crippen LogP contribution in [0.3, 0.4) is 0 Å². The number of ether oxygens (including phenoxy) is 1. The molecular weight excluding hydrogens is 300 g/mol. The SMILES string of the molecule is CCOc1cccc(N2CCN(CCC3CCCNCC3)CC2)n1. The third kappa shape index (κ3) is 5.08. The van der Waals surface area contributed by atoms with E-state index in [4.69, 9.17) is 4.74 Å². The smallest absolute Gasteiger partial charge is 0.215 e. The van der Waals surface area contributed by atoms with Gasteiger partial charge in [-0.05, 0) is 64.2 Å². The van der Waals surface area contributed by atoms with Crippen molar-refractivity contribution in [2.24, 2.45) is 5.92 Å². The summed E-state index contributed by atoms with van der Waals surface area (Å²) in [5.74, 6) is 2.71. The number of hydrogen-bond donors (Lipinski definition) is 1. The number of piperazine rings is 1. The zero-order chi connectivity index (χ0) is 16.6. The second-order valence-electron chi connectivity index (χ2n) is 6.93. The van der Waals surface area contributed by atoms with Crippen LogP contribution in [-0.4, -0.2) is 62.3 Å². The van der Waals surface area contributed by atoms with Crippen molar-refractivity contribution in [1.82, 2.24) is 15.2 Å². The molecule has 2 aliphatic heterocycles. The highest BCUT2D eigenvalue weighted by Gasteiger charge is 2.20. The van der Waals surface area contributed by atoms with Crippen LogP contribution in [0.5, 0.6) is 5.88 Å². The molecule has 0 aromatic carbocycles. The Morgan fingerprint density at radius 3 is 2.88 bits per heavy atom. The maximum Gasteiger partial charge on any atom is 0.215 e. The highest BCUT2D eigenvalue weighted by atomic mass is 16.5. The van der Waals surface area contributed by atoms with E-state index < -0.39 is 0 Å². The summed E-state index contributed by atoms with van der Waals surface area (Å²) in [4.78, 5) is 9.63. The molecule has 24 heavy (non-hydrogen) atoms. The lowest BCUT2D eigenvalue weighted by Gasteiger charge is -2.36. The normalized spacial score (nSPS) is 23.0. The fraction of sp³-hybridized carbons (Fsp3) is 0.737. The lowest BCUT2D eigenvalue weighted by atomic mass is 9.96. The highest BCUT2D eigenvalue weighted by Crippen LogP contribution is 2.20. The fourth-order valence-corrected chi connectivity index (χ4v) is 3.75. The molecule has 5 nitrogen and oxygen atoms in total. The van der Waals surface area contributed by atoms with Crippen molar-refractivity contribution in [3.05, 3.63) is 18.2 Å². The summed E-state index contributed by atoms with van der Waals surface area (Å²) < 4.78 is 5.52. The minimum atomic E-state index is 0.668. The van der Waals surface area contributed by atoms with Crippen molar-refractivity contribution in [1.29, 1.82) is 0 Å². The number of nitrogens with one attached hydrogen (secondary N) is 1. The highest BCUT2D eigenvalue weighted by molar-refractivity contribution is 5.41. The molecule has 2 aliphatic rings. The third-order valence-electron chi connectivity index (χ3n) is 5.25. The zero-order valence-corrected chi connectivity index (χ0v) is 15.0. The van der Waals surface area contributed by atoms with Gasteiger partial charge in [0, 0.05) is 32.2 Å². The van der Waals surface area contributed by atoms with Gasteiger partial charge in [0.2, 0.25) is 5.88 Å². The van der Waals surface area contributed by atoms with Crippen LogP contribution < -0.4 is 15.0 Å². The van der Waals surface area contributed by atoms with Crippen LogP contribution >= 0.6 is 0 Å². The monoisotopic (exact) mass is 332 g/mol. The van der Waals surface area contributed by atoms with E-state index in [2.05, 4.69) is 26.2 Å². The number of nitrogens with zero attached hydrogens (tertiary/aromatic N) is 3. The van der Waals surface area contributed by atoms with Crippen LogP contribution in [0.2, 0.25) is 0 Å². The van der Waals surface area contributed by atoms with E-state index in [0.29, 0.717) is 6.61 Å². The van der Waals surface area contributed by atoms with Gasteiger partial charge in [-0.15, -0.1) is 0 Å². The minimum absolute atomic E-state index is 0.668. The van der Waals surface area contributed by atoms with Crippen molar-refractivity contribution >= 4 is 5.82 Å². The van der Waals surface area contributed by atoms with Crippen LogP contribution in [0.4, 0.5) is 5.82 Å². The summed E-state index contributed by atoms with van der Waals surface area (Å²) in [7, 11) is 0. The zero-order valence-electron chi connectivity index (χ0n) is 15.0. The summed E-state index contributed by atoms with van der Waals surface area (Å²) in [5.41, 5.74) is 0. The standard InChI is InChI=1S/C19H32N4O/c1-2-24-19-7-3-6-18(21-19)23-15-13-22(14-16-23)12-9-17-5-4-10-20-11-8-17/h3,6-7,17,20H,2,4-5,8-16H2,1H3. The van der Waals surface area contributed by atoms with Gasteiger partial charge in [0.05, 0.1) is 6.61 Å². The number of pyridine rings is 1. The lowest BCUT2D eigenvalue weighted by Crippen LogP contribution is -2.47. The average molecular weight is 332 g/mol. The van der Waals surface area contributed by atoms with E-state index in [1.54, 1.807) is 0 Å². The van der Waals surface area contributed by atoms with Gasteiger partial charge in [0.15, 0.2) is 0 Å². The Kier molecular flexibility index (Phi) is 6.73. The summed E-state index contributed by atoms with van der Waals surface area (Å²) in [5, 5.41) is 3.52. The molecular formula is C19H32N4O. The molecule has 0 aliphatic carbocycles. The van der Waals surface area contributed by atoms with Gasteiger partial charge >= 0.3 is 0 Å². The fourth-order valence-electron chi connectivity index (χ4n) is 3.75. The van der Waals surface area contributed by atoms with Gasteiger partial charge in [-0.2, -0.15) is 4.98 Å². The summed E-state index contributed by atoms with van der Waals surface area (Å²) in [6.07, 6.45) is 5.47. The molecule has 134 valence electrons. The Hall–Kier alpha value is -1.33. The van der Waals surface area contributed by atoms with Gasteiger partial charge in [-0.25, -0.2) is 0 Å². The molecule has 0 spiro atoms. The van der Waals surface area contributed by atoms with Crippen LogP contribution in [0.1, 0.15) is 32.6 Å². The second kappa shape index (κ2) is 9.23. The molecule has 1 atom stereocenters. The van der Waals surface area contributed by atoms with Crippen molar-refractivity contribution in [3.8, 4) is 5.88 Å². The van der Waals surface area contributed by atoms with E-state index in [0.717, 1.165) is 43.8 Å². The Bertz CT molecular complexity index is 480. The van der Waals surface area contributed by atoms with E-state index >= 15 is 0 Å². The average Bonchev–Trinajstić information content (AvgIpc) is 2.90. The Morgan fingerprint density at radius 1 is 1.17 bits per heavy atom. The van der Waals surface area contributed by atoms with E-state index in [-0.39, 0.29) is 0 Å². The topological polar surface area (TPSA) is 40.6 Å². The van der Waals surface area contributed by atoms with Crippen molar-refractivity contribution in [3.63, 3.8) is 0 Å². The van der Waals surface area contributed by atoms with Crippen LogP contribution in [-0.2, 0) is 0 Å². The quantitative estimate of drug-likeness (QED) is 0.866. The Morgan fingerprint density at radius 2 is 2.04 bits per heavy atom. The molecule has 1 aromatic rings. The summed E-state index contributed by atoms with van der Waals surface area (Å²) in [6.45, 7) is 10.8. The van der Waals surface area contributed by atoms with E-state index in [1.807, 2.05) is 19.1 Å². The largest absolute Gasteiger partial charge is 0.478 e. The number of rotatable bonds is 6. The third-order valence-corrected chi connectivity index (χ3v) is 5.25. The Balaban J connectivity index is 1.42.